The molecule has 1 N–H and O–H groups in total. The molecule has 0 saturated heterocycles. The van der Waals surface area contributed by atoms with Crippen LogP contribution in [0.15, 0.2) is 42.5 Å². The van der Waals surface area contributed by atoms with Crippen LogP contribution in [0.1, 0.15) is 24.5 Å². The lowest BCUT2D eigenvalue weighted by atomic mass is 9.83. The normalized spacial score (nSPS) is 13.8. The van der Waals surface area contributed by atoms with Crippen molar-refractivity contribution in [3.05, 3.63) is 65.2 Å². The highest BCUT2D eigenvalue weighted by molar-refractivity contribution is 5.45. The summed E-state index contributed by atoms with van der Waals surface area (Å²) < 4.78 is 32.1. The fourth-order valence-corrected chi connectivity index (χ4v) is 2.30. The molecule has 0 amide bonds. The van der Waals surface area contributed by atoms with E-state index in [4.69, 9.17) is 4.74 Å². The van der Waals surface area contributed by atoms with E-state index in [9.17, 15) is 13.9 Å². The molecule has 0 aliphatic rings. The first-order valence-corrected chi connectivity index (χ1v) is 6.33. The Balaban J connectivity index is 2.64. The minimum absolute atomic E-state index is 0.260. The molecule has 106 valence electrons. The highest BCUT2D eigenvalue weighted by atomic mass is 19.1. The van der Waals surface area contributed by atoms with Crippen molar-refractivity contribution in [3.63, 3.8) is 0 Å². The van der Waals surface area contributed by atoms with E-state index in [-0.39, 0.29) is 12.0 Å². The summed E-state index contributed by atoms with van der Waals surface area (Å²) in [6.45, 7) is 1.75. The van der Waals surface area contributed by atoms with Crippen molar-refractivity contribution >= 4 is 0 Å². The number of methoxy groups -OCH3 is 1. The topological polar surface area (TPSA) is 29.5 Å². The van der Waals surface area contributed by atoms with E-state index in [2.05, 4.69) is 0 Å². The van der Waals surface area contributed by atoms with E-state index in [0.717, 1.165) is 0 Å². The maximum Gasteiger partial charge on any atom is 0.125 e. The molecule has 0 saturated carbocycles. The predicted molar refractivity (Wildman–Crippen MR) is 72.6 cm³/mol. The van der Waals surface area contributed by atoms with Crippen LogP contribution in [0.2, 0.25) is 0 Å². The molecule has 2 aromatic carbocycles. The first-order valence-electron chi connectivity index (χ1n) is 6.33. The molecule has 0 aromatic heterocycles. The van der Waals surface area contributed by atoms with Crippen LogP contribution in [-0.4, -0.2) is 12.2 Å². The Bertz CT molecular complexity index is 613. The molecule has 0 fully saturated rings. The van der Waals surface area contributed by atoms with E-state index in [0.29, 0.717) is 11.3 Å². The first kappa shape index (κ1) is 14.5. The zero-order chi connectivity index (χ0) is 14.8. The second-order valence-corrected chi connectivity index (χ2v) is 4.57. The summed E-state index contributed by atoms with van der Waals surface area (Å²) in [6.07, 6.45) is 0.260. The molecule has 1 atom stereocenters. The van der Waals surface area contributed by atoms with Crippen LogP contribution in [0.4, 0.5) is 8.78 Å². The molecule has 0 heterocycles. The summed E-state index contributed by atoms with van der Waals surface area (Å²) in [4.78, 5) is 0. The van der Waals surface area contributed by atoms with Gasteiger partial charge in [0.05, 0.1) is 7.11 Å². The third kappa shape index (κ3) is 2.51. The van der Waals surface area contributed by atoms with Crippen LogP contribution in [0, 0.1) is 11.6 Å². The number of hydrogen-bond donors (Lipinski definition) is 1. The highest BCUT2D eigenvalue weighted by Crippen LogP contribution is 2.38. The van der Waals surface area contributed by atoms with E-state index >= 15 is 0 Å². The van der Waals surface area contributed by atoms with Gasteiger partial charge in [0, 0.05) is 5.56 Å². The number of halogens is 2. The van der Waals surface area contributed by atoms with Gasteiger partial charge in [-0.25, -0.2) is 8.78 Å². The molecule has 2 aromatic rings. The van der Waals surface area contributed by atoms with Crippen molar-refractivity contribution in [3.8, 4) is 5.75 Å². The Hall–Kier alpha value is -1.94. The van der Waals surface area contributed by atoms with Gasteiger partial charge in [-0.3, -0.25) is 0 Å². The Morgan fingerprint density at radius 2 is 1.80 bits per heavy atom. The molecule has 4 heteroatoms. The summed E-state index contributed by atoms with van der Waals surface area (Å²) >= 11 is 0. The summed E-state index contributed by atoms with van der Waals surface area (Å²) in [5.74, 6) is -0.575. The van der Waals surface area contributed by atoms with Gasteiger partial charge >= 0.3 is 0 Å². The maximum absolute atomic E-state index is 13.5. The van der Waals surface area contributed by atoms with Crippen molar-refractivity contribution in [2.75, 3.05) is 7.11 Å². The van der Waals surface area contributed by atoms with Crippen molar-refractivity contribution in [1.29, 1.82) is 0 Å². The summed E-state index contributed by atoms with van der Waals surface area (Å²) in [6, 6.07) is 9.58. The van der Waals surface area contributed by atoms with Crippen LogP contribution in [-0.2, 0) is 5.60 Å². The van der Waals surface area contributed by atoms with Crippen LogP contribution in [0.25, 0.3) is 0 Å². The Kier molecular flexibility index (Phi) is 4.04. The quantitative estimate of drug-likeness (QED) is 0.925. The highest BCUT2D eigenvalue weighted by Gasteiger charge is 2.33. The minimum atomic E-state index is -1.50. The lowest BCUT2D eigenvalue weighted by Crippen LogP contribution is -2.27. The number of aliphatic hydroxyl groups is 1. The Morgan fingerprint density at radius 1 is 1.10 bits per heavy atom. The lowest BCUT2D eigenvalue weighted by molar-refractivity contribution is 0.0729. The van der Waals surface area contributed by atoms with Gasteiger partial charge in [0.25, 0.3) is 0 Å². The van der Waals surface area contributed by atoms with Crippen LogP contribution in [0.3, 0.4) is 0 Å². The summed E-state index contributed by atoms with van der Waals surface area (Å²) in [7, 11) is 1.44. The average molecular weight is 278 g/mol. The first-order chi connectivity index (χ1) is 9.51. The van der Waals surface area contributed by atoms with Crippen LogP contribution >= 0.6 is 0 Å². The fraction of sp³-hybridized carbons (Fsp3) is 0.250. The minimum Gasteiger partial charge on any atom is -0.496 e. The van der Waals surface area contributed by atoms with Gasteiger partial charge in [-0.05, 0) is 42.3 Å². The van der Waals surface area contributed by atoms with Gasteiger partial charge in [0.15, 0.2) is 0 Å². The van der Waals surface area contributed by atoms with Crippen molar-refractivity contribution in [1.82, 2.24) is 0 Å². The zero-order valence-corrected chi connectivity index (χ0v) is 11.4. The molecule has 0 bridgehead atoms. The molecule has 2 nitrogen and oxygen atoms in total. The van der Waals surface area contributed by atoms with E-state index in [1.807, 2.05) is 0 Å². The average Bonchev–Trinajstić information content (AvgIpc) is 2.46. The van der Waals surface area contributed by atoms with Gasteiger partial charge in [0.1, 0.15) is 23.0 Å². The monoisotopic (exact) mass is 278 g/mol. The molecule has 0 radical (unpaired) electrons. The van der Waals surface area contributed by atoms with E-state index < -0.39 is 17.2 Å². The molecule has 0 aliphatic carbocycles. The lowest BCUT2D eigenvalue weighted by Gasteiger charge is -2.29. The van der Waals surface area contributed by atoms with Gasteiger partial charge in [-0.15, -0.1) is 0 Å². The SMILES string of the molecule is CCC(O)(c1cccc(F)c1)c1cc(F)ccc1OC. The second-order valence-electron chi connectivity index (χ2n) is 4.57. The molecule has 2 rings (SSSR count). The number of ether oxygens (including phenoxy) is 1. The number of benzene rings is 2. The summed E-state index contributed by atoms with van der Waals surface area (Å²) in [5.41, 5.74) is -0.854. The molecular weight excluding hydrogens is 262 g/mol. The predicted octanol–water partition coefficient (Wildman–Crippen LogP) is 3.62. The largest absolute Gasteiger partial charge is 0.496 e. The van der Waals surface area contributed by atoms with Gasteiger partial charge in [-0.1, -0.05) is 19.1 Å². The zero-order valence-electron chi connectivity index (χ0n) is 11.4. The third-order valence-corrected chi connectivity index (χ3v) is 3.42. The van der Waals surface area contributed by atoms with Crippen molar-refractivity contribution in [2.24, 2.45) is 0 Å². The molecular formula is C16H16F2O2. The van der Waals surface area contributed by atoms with E-state index in [1.54, 1.807) is 13.0 Å². The van der Waals surface area contributed by atoms with Gasteiger partial charge < -0.3 is 9.84 Å². The number of rotatable bonds is 4. The number of hydrogen-bond acceptors (Lipinski definition) is 2. The van der Waals surface area contributed by atoms with E-state index in [1.165, 1.54) is 43.5 Å². The van der Waals surface area contributed by atoms with Gasteiger partial charge in [0.2, 0.25) is 0 Å². The molecule has 1 unspecified atom stereocenters. The van der Waals surface area contributed by atoms with Crippen LogP contribution < -0.4 is 4.74 Å². The smallest absolute Gasteiger partial charge is 0.125 e. The molecule has 0 aliphatic heterocycles. The van der Waals surface area contributed by atoms with Crippen molar-refractivity contribution < 1.29 is 18.6 Å². The standard InChI is InChI=1S/C16H16F2O2/c1-3-16(19,11-5-4-6-12(17)9-11)14-10-13(18)7-8-15(14)20-2/h4-10,19H,3H2,1-2H3. The summed E-state index contributed by atoms with van der Waals surface area (Å²) in [5, 5.41) is 10.9. The van der Waals surface area contributed by atoms with Gasteiger partial charge in [-0.2, -0.15) is 0 Å². The Labute approximate surface area is 116 Å². The second kappa shape index (κ2) is 5.59. The fourth-order valence-electron chi connectivity index (χ4n) is 2.30. The molecule has 20 heavy (non-hydrogen) atoms. The molecule has 0 spiro atoms. The maximum atomic E-state index is 13.5. The van der Waals surface area contributed by atoms with Crippen molar-refractivity contribution in [2.45, 2.75) is 18.9 Å². The van der Waals surface area contributed by atoms with Crippen LogP contribution in [0.5, 0.6) is 5.75 Å². The Morgan fingerprint density at radius 3 is 2.40 bits per heavy atom. The third-order valence-electron chi connectivity index (χ3n) is 3.42.